The fourth-order valence-corrected chi connectivity index (χ4v) is 2.35. The first-order valence-electron chi connectivity index (χ1n) is 5.26. The quantitative estimate of drug-likeness (QED) is 0.352. The van der Waals surface area contributed by atoms with Crippen LogP contribution in [0.3, 0.4) is 0 Å². The van der Waals surface area contributed by atoms with Gasteiger partial charge in [-0.2, -0.15) is 10.2 Å². The van der Waals surface area contributed by atoms with E-state index < -0.39 is 4.92 Å². The number of nitrogen functional groups attached to an aromatic ring is 1. The molecule has 2 aromatic rings. The third-order valence-electron chi connectivity index (χ3n) is 2.25. The van der Waals surface area contributed by atoms with E-state index in [9.17, 15) is 10.1 Å². The van der Waals surface area contributed by atoms with Crippen molar-refractivity contribution in [2.75, 3.05) is 5.73 Å². The Morgan fingerprint density at radius 3 is 2.71 bits per heavy atom. The number of anilines is 1. The summed E-state index contributed by atoms with van der Waals surface area (Å²) in [7, 11) is 0. The molecule has 0 spiro atoms. The van der Waals surface area contributed by atoms with Crippen molar-refractivity contribution in [1.82, 2.24) is 9.97 Å². The van der Waals surface area contributed by atoms with Crippen LogP contribution in [-0.4, -0.2) is 14.9 Å². The Labute approximate surface area is 136 Å². The Bertz CT molecular complexity index is 757. The first-order valence-corrected chi connectivity index (χ1v) is 6.72. The molecule has 106 valence electrons. The highest BCUT2D eigenvalue weighted by Gasteiger charge is 2.22. The second-order valence-electron chi connectivity index (χ2n) is 3.66. The molecule has 0 aliphatic rings. The number of aromatic nitrogens is 2. The van der Waals surface area contributed by atoms with E-state index in [1.165, 1.54) is 12.1 Å². The molecule has 0 saturated carbocycles. The van der Waals surface area contributed by atoms with E-state index in [0.29, 0.717) is 3.57 Å². The molecule has 2 N–H and O–H groups in total. The Morgan fingerprint density at radius 1 is 1.43 bits per heavy atom. The van der Waals surface area contributed by atoms with Crippen molar-refractivity contribution >= 4 is 45.8 Å². The van der Waals surface area contributed by atoms with Crippen LogP contribution >= 0.6 is 34.2 Å². The predicted octanol–water partition coefficient (Wildman–Crippen LogP) is 2.89. The number of nitrogens with two attached hydrogens (primary N) is 1. The van der Waals surface area contributed by atoms with Crippen LogP contribution in [0, 0.1) is 25.0 Å². The molecule has 1 aromatic carbocycles. The van der Waals surface area contributed by atoms with Gasteiger partial charge in [0, 0.05) is 12.1 Å². The normalized spacial score (nSPS) is 9.95. The maximum Gasteiger partial charge on any atom is 0.314 e. The maximum atomic E-state index is 11.1. The van der Waals surface area contributed by atoms with Crippen LogP contribution < -0.4 is 10.5 Å². The smallest absolute Gasteiger partial charge is 0.314 e. The summed E-state index contributed by atoms with van der Waals surface area (Å²) in [6.45, 7) is 0. The zero-order valence-electron chi connectivity index (χ0n) is 10.1. The highest BCUT2D eigenvalue weighted by atomic mass is 127. The highest BCUT2D eigenvalue weighted by molar-refractivity contribution is 14.1. The molecule has 21 heavy (non-hydrogen) atoms. The number of nitriles is 1. The first kappa shape index (κ1) is 15.2. The summed E-state index contributed by atoms with van der Waals surface area (Å²) in [6.07, 6.45) is 0. The van der Waals surface area contributed by atoms with Crippen LogP contribution in [0.5, 0.6) is 11.6 Å². The monoisotopic (exact) mass is 417 g/mol. The Balaban J connectivity index is 2.53. The summed E-state index contributed by atoms with van der Waals surface area (Å²) in [5.41, 5.74) is 5.23. The number of nitrogens with zero attached hydrogens (tertiary/aromatic N) is 4. The van der Waals surface area contributed by atoms with Crippen LogP contribution in [0.1, 0.15) is 5.56 Å². The summed E-state index contributed by atoms with van der Waals surface area (Å²) in [5, 5.41) is 20.0. The van der Waals surface area contributed by atoms with Gasteiger partial charge in [0.15, 0.2) is 0 Å². The molecule has 2 rings (SSSR count). The van der Waals surface area contributed by atoms with Gasteiger partial charge in [-0.1, -0.05) is 11.6 Å². The van der Waals surface area contributed by atoms with Crippen molar-refractivity contribution in [2.45, 2.75) is 0 Å². The fourth-order valence-electron chi connectivity index (χ4n) is 1.45. The van der Waals surface area contributed by atoms with Gasteiger partial charge in [-0.15, -0.1) is 0 Å². The number of nitro benzene ring substituents is 1. The molecule has 0 fully saturated rings. The minimum Gasteiger partial charge on any atom is -0.430 e. The summed E-state index contributed by atoms with van der Waals surface area (Å²) in [5.74, 6) is -0.198. The molecule has 0 amide bonds. The lowest BCUT2D eigenvalue weighted by Gasteiger charge is -2.08. The van der Waals surface area contributed by atoms with Gasteiger partial charge in [-0.3, -0.25) is 10.1 Å². The van der Waals surface area contributed by atoms with E-state index in [-0.39, 0.29) is 34.0 Å². The standard InChI is InChI=1S/C11H5ClIN5O3/c12-8-3-9(17-11(15)16-8)21-10-6(13)1-5(4-14)2-7(10)18(19)20/h1-3H,(H2,15,16,17). The number of hydrogen-bond acceptors (Lipinski definition) is 7. The summed E-state index contributed by atoms with van der Waals surface area (Å²) < 4.78 is 5.77. The van der Waals surface area contributed by atoms with Crippen molar-refractivity contribution in [3.05, 3.63) is 42.6 Å². The van der Waals surface area contributed by atoms with Crippen molar-refractivity contribution < 1.29 is 9.66 Å². The SMILES string of the molecule is N#Cc1cc(I)c(Oc2cc(Cl)nc(N)n2)c([N+](=O)[O-])c1. The number of hydrogen-bond donors (Lipinski definition) is 1. The molecule has 1 heterocycles. The van der Waals surface area contributed by atoms with Gasteiger partial charge in [0.25, 0.3) is 0 Å². The average Bonchev–Trinajstić information content (AvgIpc) is 2.39. The number of benzene rings is 1. The van der Waals surface area contributed by atoms with Crippen LogP contribution in [0.25, 0.3) is 0 Å². The minimum absolute atomic E-state index is 0.0294. The second kappa shape index (κ2) is 6.06. The Morgan fingerprint density at radius 2 is 2.14 bits per heavy atom. The lowest BCUT2D eigenvalue weighted by atomic mass is 10.2. The molecule has 8 nitrogen and oxygen atoms in total. The molecule has 1 aromatic heterocycles. The molecule has 0 unspecified atom stereocenters. The average molecular weight is 418 g/mol. The number of ether oxygens (including phenoxy) is 1. The largest absolute Gasteiger partial charge is 0.430 e. The summed E-state index contributed by atoms with van der Waals surface area (Å²) in [4.78, 5) is 17.9. The van der Waals surface area contributed by atoms with Crippen molar-refractivity contribution in [1.29, 1.82) is 5.26 Å². The van der Waals surface area contributed by atoms with Crippen LogP contribution in [-0.2, 0) is 0 Å². The summed E-state index contributed by atoms with van der Waals surface area (Å²) >= 11 is 7.54. The minimum atomic E-state index is -0.648. The van der Waals surface area contributed by atoms with Gasteiger partial charge >= 0.3 is 5.69 Å². The Hall–Kier alpha value is -2.19. The highest BCUT2D eigenvalue weighted by Crippen LogP contribution is 2.36. The molecule has 0 aliphatic heterocycles. The third-order valence-corrected chi connectivity index (χ3v) is 3.24. The van der Waals surface area contributed by atoms with Crippen LogP contribution in [0.4, 0.5) is 11.6 Å². The molecule has 0 aliphatic carbocycles. The third kappa shape index (κ3) is 3.47. The van der Waals surface area contributed by atoms with Crippen LogP contribution in [0.15, 0.2) is 18.2 Å². The lowest BCUT2D eigenvalue weighted by Crippen LogP contribution is -2.01. The van der Waals surface area contributed by atoms with Crippen molar-refractivity contribution in [3.63, 3.8) is 0 Å². The van der Waals surface area contributed by atoms with E-state index in [1.54, 1.807) is 0 Å². The topological polar surface area (TPSA) is 128 Å². The van der Waals surface area contributed by atoms with Gasteiger partial charge in [-0.05, 0) is 28.7 Å². The Kier molecular flexibility index (Phi) is 4.39. The van der Waals surface area contributed by atoms with Gasteiger partial charge in [0.05, 0.1) is 20.1 Å². The van der Waals surface area contributed by atoms with Crippen LogP contribution in [0.2, 0.25) is 5.15 Å². The first-order chi connectivity index (χ1) is 9.90. The predicted molar refractivity (Wildman–Crippen MR) is 82.1 cm³/mol. The molecular weight excluding hydrogens is 413 g/mol. The molecule has 0 radical (unpaired) electrons. The molecule has 0 saturated heterocycles. The van der Waals surface area contributed by atoms with E-state index in [1.807, 2.05) is 28.7 Å². The maximum absolute atomic E-state index is 11.1. The van der Waals surface area contributed by atoms with Gasteiger partial charge in [0.2, 0.25) is 17.6 Å². The van der Waals surface area contributed by atoms with Gasteiger partial charge < -0.3 is 10.5 Å². The van der Waals surface area contributed by atoms with E-state index in [4.69, 9.17) is 27.3 Å². The van der Waals surface area contributed by atoms with E-state index in [0.717, 1.165) is 6.07 Å². The zero-order valence-corrected chi connectivity index (χ0v) is 13.0. The van der Waals surface area contributed by atoms with E-state index >= 15 is 0 Å². The molecular formula is C11H5ClIN5O3. The van der Waals surface area contributed by atoms with E-state index in [2.05, 4.69) is 9.97 Å². The number of halogens is 2. The number of rotatable bonds is 3. The molecule has 10 heteroatoms. The number of nitro groups is 1. The molecule has 0 atom stereocenters. The fraction of sp³-hybridized carbons (Fsp3) is 0. The zero-order chi connectivity index (χ0) is 15.6. The van der Waals surface area contributed by atoms with Gasteiger partial charge in [0.1, 0.15) is 5.15 Å². The van der Waals surface area contributed by atoms with Crippen molar-refractivity contribution in [3.8, 4) is 17.7 Å². The van der Waals surface area contributed by atoms with Crippen molar-refractivity contribution in [2.24, 2.45) is 0 Å². The molecule has 0 bridgehead atoms. The van der Waals surface area contributed by atoms with Gasteiger partial charge in [-0.25, -0.2) is 4.98 Å². The second-order valence-corrected chi connectivity index (χ2v) is 5.21. The summed E-state index contributed by atoms with van der Waals surface area (Å²) in [6, 6.07) is 5.68. The lowest BCUT2D eigenvalue weighted by molar-refractivity contribution is -0.385.